The first-order valence-corrected chi connectivity index (χ1v) is 5.55. The molecule has 3 nitrogen and oxygen atoms in total. The van der Waals surface area contributed by atoms with Gasteiger partial charge in [-0.25, -0.2) is 0 Å². The number of nitriles is 1. The van der Waals surface area contributed by atoms with Crippen LogP contribution in [0.2, 0.25) is 0 Å². The minimum atomic E-state index is -3.03. The monoisotopic (exact) mass is 303 g/mol. The van der Waals surface area contributed by atoms with E-state index < -0.39 is 11.4 Å². The molecule has 0 N–H and O–H groups in total. The predicted octanol–water partition coefficient (Wildman–Crippen LogP) is 3.13. The molecule has 1 rings (SSSR count). The molecule has 0 fully saturated rings. The van der Waals surface area contributed by atoms with Crippen LogP contribution < -0.4 is 4.74 Å². The molecule has 17 heavy (non-hydrogen) atoms. The minimum absolute atomic E-state index is 0.0648. The largest absolute Gasteiger partial charge is 0.433 e. The smallest absolute Gasteiger partial charge is 0.387 e. The zero-order chi connectivity index (χ0) is 13.0. The number of halogens is 3. The average molecular weight is 304 g/mol. The number of ketones is 1. The highest BCUT2D eigenvalue weighted by molar-refractivity contribution is 9.10. The van der Waals surface area contributed by atoms with Crippen molar-refractivity contribution in [3.63, 3.8) is 0 Å². The van der Waals surface area contributed by atoms with Crippen molar-refractivity contribution in [3.05, 3.63) is 29.3 Å². The zero-order valence-corrected chi connectivity index (χ0v) is 10.4. The Morgan fingerprint density at radius 1 is 1.53 bits per heavy atom. The number of Topliss-reactive ketones (excluding diaryl/α,β-unsaturated/α-hetero) is 1. The van der Waals surface area contributed by atoms with E-state index in [4.69, 9.17) is 5.26 Å². The number of carbonyl (C=O) groups excluding carboxylic acids is 1. The van der Waals surface area contributed by atoms with Crippen LogP contribution in [0.15, 0.2) is 18.2 Å². The number of nitrogens with zero attached hydrogens (tertiary/aromatic N) is 1. The van der Waals surface area contributed by atoms with E-state index in [1.54, 1.807) is 13.0 Å². The molecule has 0 aromatic heterocycles. The summed E-state index contributed by atoms with van der Waals surface area (Å²) in [6.07, 6.45) is 0. The minimum Gasteiger partial charge on any atom is -0.433 e. The molecule has 1 aromatic rings. The molecule has 0 saturated heterocycles. The molecule has 1 aromatic carbocycles. The van der Waals surface area contributed by atoms with Crippen LogP contribution in [0.1, 0.15) is 22.8 Å². The number of benzene rings is 1. The van der Waals surface area contributed by atoms with Gasteiger partial charge >= 0.3 is 6.61 Å². The van der Waals surface area contributed by atoms with Gasteiger partial charge in [-0.15, -0.1) is 0 Å². The number of hydrogen-bond donors (Lipinski definition) is 0. The Bertz CT molecular complexity index is 469. The van der Waals surface area contributed by atoms with E-state index in [2.05, 4.69) is 20.7 Å². The Morgan fingerprint density at radius 2 is 2.18 bits per heavy atom. The van der Waals surface area contributed by atoms with Crippen LogP contribution in [0.25, 0.3) is 0 Å². The molecule has 0 heterocycles. The highest BCUT2D eigenvalue weighted by atomic mass is 79.9. The maximum atomic E-state index is 12.1. The number of rotatable bonds is 4. The summed E-state index contributed by atoms with van der Waals surface area (Å²) in [6, 6.07) is 5.72. The van der Waals surface area contributed by atoms with Crippen molar-refractivity contribution >= 4 is 21.7 Å². The Kier molecular flexibility index (Phi) is 4.58. The second-order valence-electron chi connectivity index (χ2n) is 3.15. The van der Waals surface area contributed by atoms with Crippen LogP contribution in [-0.2, 0) is 0 Å². The fourth-order valence-electron chi connectivity index (χ4n) is 1.26. The van der Waals surface area contributed by atoms with Gasteiger partial charge in [-0.3, -0.25) is 4.79 Å². The third kappa shape index (κ3) is 3.24. The highest BCUT2D eigenvalue weighted by Crippen LogP contribution is 2.25. The lowest BCUT2D eigenvalue weighted by Gasteiger charge is -2.10. The Hall–Kier alpha value is -1.48. The summed E-state index contributed by atoms with van der Waals surface area (Å²) in [5.41, 5.74) is -0.112. The van der Waals surface area contributed by atoms with Crippen LogP contribution in [-0.4, -0.2) is 17.2 Å². The maximum Gasteiger partial charge on any atom is 0.387 e. The summed E-state index contributed by atoms with van der Waals surface area (Å²) in [7, 11) is 0. The molecule has 0 amide bonds. The molecule has 0 aliphatic carbocycles. The predicted molar refractivity (Wildman–Crippen MR) is 60.5 cm³/mol. The van der Waals surface area contributed by atoms with Gasteiger partial charge in [-0.05, 0) is 19.1 Å². The summed E-state index contributed by atoms with van der Waals surface area (Å²) in [5, 5.41) is 8.90. The van der Waals surface area contributed by atoms with Gasteiger partial charge in [0.05, 0.1) is 4.83 Å². The van der Waals surface area contributed by atoms with Crippen molar-refractivity contribution in [1.82, 2.24) is 0 Å². The van der Waals surface area contributed by atoms with Crippen LogP contribution in [0.5, 0.6) is 5.75 Å². The molecule has 90 valence electrons. The van der Waals surface area contributed by atoms with E-state index in [1.807, 2.05) is 0 Å². The van der Waals surface area contributed by atoms with Crippen molar-refractivity contribution in [2.24, 2.45) is 0 Å². The Balaban J connectivity index is 3.25. The van der Waals surface area contributed by atoms with Gasteiger partial charge < -0.3 is 4.74 Å². The normalized spacial score (nSPS) is 12.0. The molecule has 0 spiro atoms. The number of carbonyl (C=O) groups is 1. The summed E-state index contributed by atoms with van der Waals surface area (Å²) < 4.78 is 28.4. The van der Waals surface area contributed by atoms with E-state index in [0.717, 1.165) is 0 Å². The van der Waals surface area contributed by atoms with Crippen molar-refractivity contribution in [2.75, 3.05) is 0 Å². The van der Waals surface area contributed by atoms with Crippen molar-refractivity contribution < 1.29 is 18.3 Å². The molecule has 0 aliphatic rings. The first-order chi connectivity index (χ1) is 7.97. The van der Waals surface area contributed by atoms with Crippen LogP contribution in [0.3, 0.4) is 0 Å². The molecular weight excluding hydrogens is 296 g/mol. The lowest BCUT2D eigenvalue weighted by Crippen LogP contribution is -2.13. The fraction of sp³-hybridized carbons (Fsp3) is 0.273. The van der Waals surface area contributed by atoms with E-state index in [0.29, 0.717) is 0 Å². The van der Waals surface area contributed by atoms with Gasteiger partial charge in [0.25, 0.3) is 0 Å². The van der Waals surface area contributed by atoms with E-state index in [1.165, 1.54) is 18.2 Å². The second-order valence-corrected chi connectivity index (χ2v) is 4.52. The summed E-state index contributed by atoms with van der Waals surface area (Å²) in [6.45, 7) is -1.45. The van der Waals surface area contributed by atoms with Gasteiger partial charge in [0.15, 0.2) is 5.78 Å². The van der Waals surface area contributed by atoms with Crippen molar-refractivity contribution in [3.8, 4) is 11.8 Å². The molecule has 1 atom stereocenters. The number of alkyl halides is 3. The molecule has 0 saturated carbocycles. The highest BCUT2D eigenvalue weighted by Gasteiger charge is 2.20. The van der Waals surface area contributed by atoms with Gasteiger partial charge in [-0.1, -0.05) is 22.0 Å². The third-order valence-electron chi connectivity index (χ3n) is 1.98. The average Bonchev–Trinajstić information content (AvgIpc) is 2.26. The first-order valence-electron chi connectivity index (χ1n) is 4.63. The van der Waals surface area contributed by atoms with Crippen LogP contribution in [0.4, 0.5) is 8.78 Å². The molecule has 6 heteroatoms. The standard InChI is InChI=1S/C11H8BrF2NO2/c1-6(12)10(16)7-3-2-4-9(8(7)5-15)17-11(13)14/h2-4,6,11H,1H3. The lowest BCUT2D eigenvalue weighted by atomic mass is 10.0. The van der Waals surface area contributed by atoms with Crippen LogP contribution >= 0.6 is 15.9 Å². The SMILES string of the molecule is CC(Br)C(=O)c1cccc(OC(F)F)c1C#N. The van der Waals surface area contributed by atoms with Crippen molar-refractivity contribution in [2.45, 2.75) is 18.4 Å². The van der Waals surface area contributed by atoms with Crippen molar-refractivity contribution in [1.29, 1.82) is 5.26 Å². The maximum absolute atomic E-state index is 12.1. The number of ether oxygens (including phenoxy) is 1. The summed E-state index contributed by atoms with van der Waals surface area (Å²) in [4.78, 5) is 11.2. The van der Waals surface area contributed by atoms with Crippen LogP contribution in [0, 0.1) is 11.3 Å². The second kappa shape index (κ2) is 5.73. The molecule has 0 bridgehead atoms. The Labute approximate surface area is 105 Å². The summed E-state index contributed by atoms with van der Waals surface area (Å²) in [5.74, 6) is -0.650. The van der Waals surface area contributed by atoms with Gasteiger partial charge in [0, 0.05) is 5.56 Å². The summed E-state index contributed by atoms with van der Waals surface area (Å²) >= 11 is 3.07. The first kappa shape index (κ1) is 13.6. The zero-order valence-electron chi connectivity index (χ0n) is 8.78. The van der Waals surface area contributed by atoms with E-state index in [9.17, 15) is 13.6 Å². The number of hydrogen-bond acceptors (Lipinski definition) is 3. The van der Waals surface area contributed by atoms with Gasteiger partial charge in [0.1, 0.15) is 17.4 Å². The van der Waals surface area contributed by atoms with Gasteiger partial charge in [0.2, 0.25) is 0 Å². The van der Waals surface area contributed by atoms with E-state index >= 15 is 0 Å². The topological polar surface area (TPSA) is 50.1 Å². The molecule has 1 unspecified atom stereocenters. The molecular formula is C11H8BrF2NO2. The van der Waals surface area contributed by atoms with Gasteiger partial charge in [-0.2, -0.15) is 14.0 Å². The molecule has 0 aliphatic heterocycles. The third-order valence-corrected chi connectivity index (χ3v) is 2.40. The lowest BCUT2D eigenvalue weighted by molar-refractivity contribution is -0.0500. The quantitative estimate of drug-likeness (QED) is 0.634. The fourth-order valence-corrected chi connectivity index (χ4v) is 1.51. The Morgan fingerprint density at radius 3 is 2.65 bits per heavy atom. The molecule has 0 radical (unpaired) electrons. The van der Waals surface area contributed by atoms with E-state index in [-0.39, 0.29) is 22.7 Å².